The van der Waals surface area contributed by atoms with E-state index >= 15 is 0 Å². The summed E-state index contributed by atoms with van der Waals surface area (Å²) in [5.41, 5.74) is 0.00961. The molecule has 0 bridgehead atoms. The van der Waals surface area contributed by atoms with Crippen LogP contribution in [-0.2, 0) is 20.4 Å². The summed E-state index contributed by atoms with van der Waals surface area (Å²) in [4.78, 5) is 13.1. The molecular weight excluding hydrogens is 245 g/mol. The fourth-order valence-corrected chi connectivity index (χ4v) is 2.22. The van der Waals surface area contributed by atoms with Gasteiger partial charge in [-0.1, -0.05) is 19.1 Å². The highest BCUT2D eigenvalue weighted by atomic mass is 32.2. The van der Waals surface area contributed by atoms with E-state index in [4.69, 9.17) is 0 Å². The molecule has 1 aromatic carbocycles. The lowest BCUT2D eigenvalue weighted by atomic mass is 10.1. The van der Waals surface area contributed by atoms with Gasteiger partial charge in [0.2, 0.25) is 11.9 Å². The van der Waals surface area contributed by atoms with Crippen molar-refractivity contribution in [2.45, 2.75) is 24.5 Å². The first-order valence-electron chi connectivity index (χ1n) is 4.94. The molecule has 0 saturated carbocycles. The lowest BCUT2D eigenvalue weighted by molar-refractivity contribution is 0.205. The third-order valence-corrected chi connectivity index (χ3v) is 4.09. The van der Waals surface area contributed by atoms with Crippen LogP contribution >= 0.6 is 0 Å². The Morgan fingerprint density at radius 1 is 1.47 bits per heavy atom. The molecule has 92 valence electrons. The zero-order chi connectivity index (χ0) is 13.1. The topological polar surface area (TPSA) is 63.6 Å². The fourth-order valence-electron chi connectivity index (χ4n) is 1.29. The highest BCUT2D eigenvalue weighted by molar-refractivity contribution is 7.91. The molecule has 1 rings (SSSR count). The summed E-state index contributed by atoms with van der Waals surface area (Å²) < 4.78 is 37.1. The van der Waals surface area contributed by atoms with Crippen molar-refractivity contribution in [3.63, 3.8) is 0 Å². The predicted octanol–water partition coefficient (Wildman–Crippen LogP) is 1.96. The lowest BCUT2D eigenvalue weighted by Crippen LogP contribution is -2.13. The molecule has 0 aromatic heterocycles. The number of alkyl halides is 1. The Hall–Kier alpha value is -1.52. The molecule has 4 nitrogen and oxygen atoms in total. The van der Waals surface area contributed by atoms with Gasteiger partial charge < -0.3 is 0 Å². The molecule has 0 saturated heterocycles. The molecule has 0 aliphatic rings. The van der Waals surface area contributed by atoms with Crippen molar-refractivity contribution >= 4 is 15.9 Å². The van der Waals surface area contributed by atoms with Gasteiger partial charge in [-0.2, -0.15) is 4.99 Å². The maximum absolute atomic E-state index is 13.9. The second-order valence-electron chi connectivity index (χ2n) is 3.59. The molecule has 0 aliphatic carbocycles. The van der Waals surface area contributed by atoms with Gasteiger partial charge in [0.1, 0.15) is 0 Å². The number of benzene rings is 1. The van der Waals surface area contributed by atoms with E-state index in [9.17, 15) is 17.6 Å². The Labute approximate surface area is 99.1 Å². The number of aliphatic imine (C=N–C) groups is 1. The summed E-state index contributed by atoms with van der Waals surface area (Å²) in [6.07, 6.45) is 1.13. The number of hydrogen-bond donors (Lipinski definition) is 0. The maximum Gasteiger partial charge on any atom is 0.238 e. The number of nitrogens with zero attached hydrogens (tertiary/aromatic N) is 1. The standard InChI is InChI=1S/C11H12FNO3S/c1-3-17(15,16)10-6-4-5-9(7-10)11(2,12)13-8-14/h4-7H,3H2,1-2H3. The second kappa shape index (κ2) is 4.77. The predicted molar refractivity (Wildman–Crippen MR) is 60.8 cm³/mol. The van der Waals surface area contributed by atoms with Crippen molar-refractivity contribution in [3.05, 3.63) is 29.8 Å². The third kappa shape index (κ3) is 2.99. The van der Waals surface area contributed by atoms with Crippen molar-refractivity contribution in [3.8, 4) is 0 Å². The minimum atomic E-state index is -3.40. The zero-order valence-corrected chi connectivity index (χ0v) is 10.3. The molecular formula is C11H12FNO3S. The van der Waals surface area contributed by atoms with Crippen LogP contribution in [-0.4, -0.2) is 20.3 Å². The van der Waals surface area contributed by atoms with Crippen molar-refractivity contribution in [2.75, 3.05) is 5.75 Å². The molecule has 0 amide bonds. The molecule has 0 heterocycles. The smallest absolute Gasteiger partial charge is 0.224 e. The van der Waals surface area contributed by atoms with Gasteiger partial charge in [0.05, 0.1) is 10.6 Å². The van der Waals surface area contributed by atoms with Gasteiger partial charge in [-0.3, -0.25) is 0 Å². The molecule has 0 N–H and O–H groups in total. The average Bonchev–Trinajstić information content (AvgIpc) is 2.29. The van der Waals surface area contributed by atoms with Crippen LogP contribution < -0.4 is 0 Å². The highest BCUT2D eigenvalue weighted by Crippen LogP contribution is 2.28. The summed E-state index contributed by atoms with van der Waals surface area (Å²) in [6, 6.07) is 5.34. The molecule has 17 heavy (non-hydrogen) atoms. The summed E-state index contributed by atoms with van der Waals surface area (Å²) in [5, 5.41) is 0. The summed E-state index contributed by atoms with van der Waals surface area (Å²) in [7, 11) is -3.40. The molecule has 0 radical (unpaired) electrons. The Morgan fingerprint density at radius 2 is 2.12 bits per heavy atom. The van der Waals surface area contributed by atoms with E-state index in [0.29, 0.717) is 0 Å². The van der Waals surface area contributed by atoms with Gasteiger partial charge in [0.15, 0.2) is 9.84 Å². The van der Waals surface area contributed by atoms with Crippen molar-refractivity contribution in [1.29, 1.82) is 0 Å². The van der Waals surface area contributed by atoms with E-state index in [0.717, 1.165) is 13.0 Å². The molecule has 1 atom stereocenters. The monoisotopic (exact) mass is 257 g/mol. The quantitative estimate of drug-likeness (QED) is 0.470. The minimum Gasteiger partial charge on any atom is -0.224 e. The molecule has 1 aromatic rings. The number of hydrogen-bond acceptors (Lipinski definition) is 4. The molecule has 0 fully saturated rings. The first kappa shape index (κ1) is 13.5. The fraction of sp³-hybridized carbons (Fsp3) is 0.364. The number of halogens is 1. The molecule has 6 heteroatoms. The van der Waals surface area contributed by atoms with Gasteiger partial charge in [-0.15, -0.1) is 0 Å². The van der Waals surface area contributed by atoms with Gasteiger partial charge in [-0.25, -0.2) is 17.6 Å². The summed E-state index contributed by atoms with van der Waals surface area (Å²) >= 11 is 0. The third-order valence-electron chi connectivity index (χ3n) is 2.36. The van der Waals surface area contributed by atoms with Crippen molar-refractivity contribution < 1.29 is 17.6 Å². The zero-order valence-electron chi connectivity index (χ0n) is 9.47. The van der Waals surface area contributed by atoms with E-state index in [1.165, 1.54) is 31.2 Å². The number of isocyanates is 1. The normalized spacial score (nSPS) is 14.8. The van der Waals surface area contributed by atoms with Gasteiger partial charge in [0.25, 0.3) is 0 Å². The SMILES string of the molecule is CCS(=O)(=O)c1cccc(C(C)(F)N=C=O)c1. The molecule has 0 aliphatic heterocycles. The highest BCUT2D eigenvalue weighted by Gasteiger charge is 2.26. The van der Waals surface area contributed by atoms with Crippen LogP contribution in [0.3, 0.4) is 0 Å². The van der Waals surface area contributed by atoms with Gasteiger partial charge in [-0.05, 0) is 19.1 Å². The van der Waals surface area contributed by atoms with Crippen molar-refractivity contribution in [1.82, 2.24) is 0 Å². The minimum absolute atomic E-state index is 0.00961. The largest absolute Gasteiger partial charge is 0.238 e. The Bertz CT molecular complexity index is 560. The van der Waals surface area contributed by atoms with E-state index in [1.54, 1.807) is 0 Å². The van der Waals surface area contributed by atoms with E-state index in [-0.39, 0.29) is 16.2 Å². The molecule has 1 unspecified atom stereocenters. The Balaban J connectivity index is 3.33. The Morgan fingerprint density at radius 3 is 2.65 bits per heavy atom. The maximum atomic E-state index is 13.9. The van der Waals surface area contributed by atoms with E-state index < -0.39 is 15.6 Å². The van der Waals surface area contributed by atoms with Crippen molar-refractivity contribution in [2.24, 2.45) is 4.99 Å². The van der Waals surface area contributed by atoms with Crippen LogP contribution in [0.5, 0.6) is 0 Å². The van der Waals surface area contributed by atoms with Gasteiger partial charge >= 0.3 is 0 Å². The van der Waals surface area contributed by atoms with E-state index in [2.05, 4.69) is 4.99 Å². The van der Waals surface area contributed by atoms with E-state index in [1.807, 2.05) is 0 Å². The lowest BCUT2D eigenvalue weighted by Gasteiger charge is -2.14. The van der Waals surface area contributed by atoms with Crippen LogP contribution in [0.4, 0.5) is 4.39 Å². The van der Waals surface area contributed by atoms with Crippen LogP contribution in [0.15, 0.2) is 34.2 Å². The average molecular weight is 257 g/mol. The number of carbonyl (C=O) groups excluding carboxylic acids is 1. The first-order chi connectivity index (χ1) is 7.83. The Kier molecular flexibility index (Phi) is 3.80. The van der Waals surface area contributed by atoms with Crippen LogP contribution in [0.1, 0.15) is 19.4 Å². The van der Waals surface area contributed by atoms with Gasteiger partial charge in [0, 0.05) is 5.56 Å². The number of rotatable bonds is 4. The summed E-state index contributed by atoms with van der Waals surface area (Å²) in [6.45, 7) is 2.57. The van der Waals surface area contributed by atoms with Crippen LogP contribution in [0.2, 0.25) is 0 Å². The second-order valence-corrected chi connectivity index (χ2v) is 5.87. The molecule has 0 spiro atoms. The first-order valence-corrected chi connectivity index (χ1v) is 6.60. The van der Waals surface area contributed by atoms with Crippen LogP contribution in [0.25, 0.3) is 0 Å². The van der Waals surface area contributed by atoms with Crippen LogP contribution in [0, 0.1) is 0 Å². The number of sulfone groups is 1. The summed E-state index contributed by atoms with van der Waals surface area (Å²) in [5.74, 6) is -2.34.